The third-order valence-electron chi connectivity index (χ3n) is 6.37. The van der Waals surface area contributed by atoms with Crippen molar-refractivity contribution >= 4 is 11.3 Å². The van der Waals surface area contributed by atoms with E-state index in [0.717, 1.165) is 17.8 Å². The van der Waals surface area contributed by atoms with Crippen LogP contribution in [-0.2, 0) is 5.41 Å². The summed E-state index contributed by atoms with van der Waals surface area (Å²) >= 11 is 0.818. The molecule has 2 atom stereocenters. The van der Waals surface area contributed by atoms with Gasteiger partial charge in [-0.2, -0.15) is 26.3 Å². The van der Waals surface area contributed by atoms with Crippen molar-refractivity contribution in [3.63, 3.8) is 0 Å². The van der Waals surface area contributed by atoms with Crippen molar-refractivity contribution < 1.29 is 26.3 Å². The van der Waals surface area contributed by atoms with Gasteiger partial charge < -0.3 is 0 Å². The first-order valence-electron chi connectivity index (χ1n) is 8.84. The Bertz CT molecular complexity index is 569. The molecule has 0 radical (unpaired) electrons. The molecule has 1 aromatic heterocycles. The molecule has 2 aliphatic rings. The molecule has 1 heterocycles. The predicted molar refractivity (Wildman–Crippen MR) is 85.6 cm³/mol. The zero-order chi connectivity index (χ0) is 18.3. The first kappa shape index (κ1) is 19.1. The van der Waals surface area contributed by atoms with Gasteiger partial charge in [0.15, 0.2) is 0 Å². The summed E-state index contributed by atoms with van der Waals surface area (Å²) in [6, 6.07) is 2.69. The van der Waals surface area contributed by atoms with Gasteiger partial charge in [-0.15, -0.1) is 11.3 Å². The van der Waals surface area contributed by atoms with Gasteiger partial charge in [-0.3, -0.25) is 0 Å². The maximum atomic E-state index is 14.5. The number of thiophene rings is 1. The Balaban J connectivity index is 2.28. The Labute approximate surface area is 147 Å². The van der Waals surface area contributed by atoms with E-state index in [1.165, 1.54) is 17.5 Å². The lowest BCUT2D eigenvalue weighted by Crippen LogP contribution is -2.66. The molecule has 0 aromatic carbocycles. The van der Waals surface area contributed by atoms with Crippen molar-refractivity contribution in [2.45, 2.75) is 75.6 Å². The first-order valence-corrected chi connectivity index (χ1v) is 9.72. The first-order chi connectivity index (χ1) is 11.7. The molecule has 1 aromatic rings. The van der Waals surface area contributed by atoms with Crippen LogP contribution in [-0.4, -0.2) is 12.4 Å². The van der Waals surface area contributed by atoms with E-state index in [1.54, 1.807) is 0 Å². The van der Waals surface area contributed by atoms with E-state index < -0.39 is 41.9 Å². The van der Waals surface area contributed by atoms with Crippen molar-refractivity contribution in [3.05, 3.63) is 22.4 Å². The van der Waals surface area contributed by atoms with Gasteiger partial charge in [0.05, 0.1) is 5.41 Å². The minimum absolute atomic E-state index is 0.164. The second kappa shape index (κ2) is 6.46. The van der Waals surface area contributed by atoms with Gasteiger partial charge in [-0.05, 0) is 43.0 Å². The molecule has 0 amide bonds. The summed E-state index contributed by atoms with van der Waals surface area (Å²) in [4.78, 5) is -0.164. The molecular weight excluding hydrogens is 362 g/mol. The summed E-state index contributed by atoms with van der Waals surface area (Å²) in [7, 11) is 0. The molecule has 142 valence electrons. The highest BCUT2D eigenvalue weighted by Crippen LogP contribution is 2.70. The minimum Gasteiger partial charge on any atom is -0.170 e. The minimum atomic E-state index is -4.93. The number of hydrogen-bond acceptors (Lipinski definition) is 1. The zero-order valence-corrected chi connectivity index (χ0v) is 14.7. The van der Waals surface area contributed by atoms with Crippen LogP contribution in [0, 0.1) is 11.3 Å². The van der Waals surface area contributed by atoms with Crippen LogP contribution in [0.5, 0.6) is 0 Å². The van der Waals surface area contributed by atoms with Gasteiger partial charge >= 0.3 is 12.4 Å². The van der Waals surface area contributed by atoms with Crippen molar-refractivity contribution in [2.24, 2.45) is 11.3 Å². The molecule has 0 bridgehead atoms. The highest BCUT2D eigenvalue weighted by molar-refractivity contribution is 7.10. The highest BCUT2D eigenvalue weighted by atomic mass is 32.1. The van der Waals surface area contributed by atoms with E-state index in [1.807, 2.05) is 0 Å². The quantitative estimate of drug-likeness (QED) is 0.471. The topological polar surface area (TPSA) is 0 Å². The largest absolute Gasteiger partial charge is 0.400 e. The van der Waals surface area contributed by atoms with Gasteiger partial charge in [0.2, 0.25) is 0 Å². The number of alkyl halides is 6. The molecule has 0 saturated heterocycles. The lowest BCUT2D eigenvalue weighted by molar-refractivity contribution is -0.341. The monoisotopic (exact) mass is 384 g/mol. The van der Waals surface area contributed by atoms with Crippen LogP contribution in [0.4, 0.5) is 26.3 Å². The number of rotatable bonds is 2. The predicted octanol–water partition coefficient (Wildman–Crippen LogP) is 7.25. The third kappa shape index (κ3) is 2.72. The number of halogens is 6. The van der Waals surface area contributed by atoms with Crippen LogP contribution >= 0.6 is 11.3 Å². The normalized spacial score (nSPS) is 32.7. The fourth-order valence-corrected chi connectivity index (χ4v) is 6.45. The molecular formula is C18H22F6S. The van der Waals surface area contributed by atoms with Crippen molar-refractivity contribution in [1.82, 2.24) is 0 Å². The van der Waals surface area contributed by atoms with Crippen molar-refractivity contribution in [2.75, 3.05) is 0 Å². The Hall–Kier alpha value is -0.720. The van der Waals surface area contributed by atoms with Crippen LogP contribution in [0.3, 0.4) is 0 Å². The van der Waals surface area contributed by atoms with E-state index in [2.05, 4.69) is 0 Å². The highest BCUT2D eigenvalue weighted by Gasteiger charge is 2.78. The maximum absolute atomic E-state index is 14.5. The summed E-state index contributed by atoms with van der Waals surface area (Å²) < 4.78 is 86.8. The van der Waals surface area contributed by atoms with Crippen LogP contribution in [0.15, 0.2) is 17.5 Å². The van der Waals surface area contributed by atoms with Gasteiger partial charge in [0, 0.05) is 4.88 Å². The van der Waals surface area contributed by atoms with Crippen molar-refractivity contribution in [1.29, 1.82) is 0 Å². The molecule has 0 aliphatic heterocycles. The van der Waals surface area contributed by atoms with Gasteiger partial charge in [-0.25, -0.2) is 0 Å². The second-order valence-corrected chi connectivity index (χ2v) is 8.34. The molecule has 0 spiro atoms. The summed E-state index contributed by atoms with van der Waals surface area (Å²) in [6.07, 6.45) is -7.84. The second-order valence-electron chi connectivity index (χ2n) is 7.39. The van der Waals surface area contributed by atoms with E-state index in [-0.39, 0.29) is 30.6 Å². The van der Waals surface area contributed by atoms with E-state index in [4.69, 9.17) is 0 Å². The Kier molecular flexibility index (Phi) is 4.93. The van der Waals surface area contributed by atoms with E-state index in [0.29, 0.717) is 12.8 Å². The lowest BCUT2D eigenvalue weighted by Gasteiger charge is -2.58. The van der Waals surface area contributed by atoms with Crippen molar-refractivity contribution in [3.8, 4) is 0 Å². The SMILES string of the molecule is FC(F)(F)C1(c2cccs2)CCCCC1(C1CCCCC1)C(F)(F)F. The van der Waals surface area contributed by atoms with E-state index >= 15 is 0 Å². The molecule has 7 heteroatoms. The number of hydrogen-bond donors (Lipinski definition) is 0. The molecule has 2 saturated carbocycles. The van der Waals surface area contributed by atoms with Gasteiger partial charge in [0.25, 0.3) is 0 Å². The van der Waals surface area contributed by atoms with Gasteiger partial charge in [0.1, 0.15) is 5.41 Å². The van der Waals surface area contributed by atoms with Crippen LogP contribution in [0.25, 0.3) is 0 Å². The Morgan fingerprint density at radius 3 is 2.00 bits per heavy atom. The summed E-state index contributed by atoms with van der Waals surface area (Å²) in [6.45, 7) is 0. The molecule has 2 aliphatic carbocycles. The summed E-state index contributed by atoms with van der Waals surface area (Å²) in [5.41, 5.74) is -5.52. The standard InChI is InChI=1S/C18H22F6S/c19-17(20,21)15(13-7-2-1-3-8-13)10-4-5-11-16(15,18(22,23)24)14-9-6-12-25-14/h6,9,12-13H,1-5,7-8,10-11H2. The third-order valence-corrected chi connectivity index (χ3v) is 7.40. The van der Waals surface area contributed by atoms with Crippen LogP contribution in [0.2, 0.25) is 0 Å². The summed E-state index contributed by atoms with van der Waals surface area (Å²) in [5.74, 6) is -0.953. The Morgan fingerprint density at radius 1 is 0.840 bits per heavy atom. The average molecular weight is 384 g/mol. The molecule has 0 N–H and O–H groups in total. The fourth-order valence-electron chi connectivity index (χ4n) is 5.39. The molecule has 25 heavy (non-hydrogen) atoms. The molecule has 2 fully saturated rings. The fraction of sp³-hybridized carbons (Fsp3) is 0.778. The Morgan fingerprint density at radius 2 is 1.48 bits per heavy atom. The smallest absolute Gasteiger partial charge is 0.170 e. The van der Waals surface area contributed by atoms with Crippen LogP contribution < -0.4 is 0 Å². The average Bonchev–Trinajstić information content (AvgIpc) is 3.08. The molecule has 2 unspecified atom stereocenters. The zero-order valence-electron chi connectivity index (χ0n) is 13.8. The maximum Gasteiger partial charge on any atom is 0.400 e. The summed E-state index contributed by atoms with van der Waals surface area (Å²) in [5, 5.41) is 1.46. The van der Waals surface area contributed by atoms with Crippen LogP contribution in [0.1, 0.15) is 62.7 Å². The molecule has 3 rings (SSSR count). The lowest BCUT2D eigenvalue weighted by atomic mass is 9.47. The van der Waals surface area contributed by atoms with E-state index in [9.17, 15) is 26.3 Å². The van der Waals surface area contributed by atoms with Gasteiger partial charge in [-0.1, -0.05) is 38.2 Å². The molecule has 0 nitrogen and oxygen atoms in total.